The molecule has 8 heteroatoms. The maximum Gasteiger partial charge on any atom is 0.338 e. The Balaban J connectivity index is 1.82. The van der Waals surface area contributed by atoms with Gasteiger partial charge in [0.1, 0.15) is 11.6 Å². The van der Waals surface area contributed by atoms with Crippen molar-refractivity contribution in [2.75, 3.05) is 13.2 Å². The fourth-order valence-electron chi connectivity index (χ4n) is 4.43. The summed E-state index contributed by atoms with van der Waals surface area (Å²) in [7, 11) is 0. The van der Waals surface area contributed by atoms with E-state index in [1.54, 1.807) is 25.1 Å². The highest BCUT2D eigenvalue weighted by Gasteiger charge is 2.35. The molecule has 4 aromatic rings. The van der Waals surface area contributed by atoms with E-state index in [1.807, 2.05) is 61.5 Å². The van der Waals surface area contributed by atoms with Gasteiger partial charge in [-0.15, -0.1) is 0 Å². The fourth-order valence-corrected chi connectivity index (χ4v) is 5.42. The van der Waals surface area contributed by atoms with Crippen LogP contribution >= 0.6 is 11.3 Å². The highest BCUT2D eigenvalue weighted by Crippen LogP contribution is 2.35. The van der Waals surface area contributed by atoms with Gasteiger partial charge >= 0.3 is 5.97 Å². The van der Waals surface area contributed by atoms with Crippen LogP contribution in [-0.4, -0.2) is 23.8 Å². The van der Waals surface area contributed by atoms with Crippen LogP contribution in [0.15, 0.2) is 94.2 Å². The number of esters is 1. The molecule has 1 aliphatic rings. The molecule has 2 heterocycles. The van der Waals surface area contributed by atoms with E-state index in [4.69, 9.17) is 14.5 Å². The summed E-state index contributed by atoms with van der Waals surface area (Å²) in [4.78, 5) is 32.6. The average molecular weight is 529 g/mol. The van der Waals surface area contributed by atoms with Crippen LogP contribution in [0.25, 0.3) is 11.8 Å². The minimum atomic E-state index is -0.856. The number of halogens is 1. The van der Waals surface area contributed by atoms with Crippen molar-refractivity contribution in [1.29, 1.82) is 0 Å². The van der Waals surface area contributed by atoms with E-state index in [2.05, 4.69) is 0 Å². The second-order valence-corrected chi connectivity index (χ2v) is 9.46. The molecule has 1 aromatic heterocycles. The minimum Gasteiger partial charge on any atom is -0.493 e. The highest BCUT2D eigenvalue weighted by molar-refractivity contribution is 7.07. The molecule has 0 radical (unpaired) electrons. The SMILES string of the molecule is CCOC(=O)C1=C(c2ccccc2)N=c2sc(=Cc3ccccc3OCC)c(=O)n2C1c1ccc(F)cc1. The largest absolute Gasteiger partial charge is 0.493 e. The molecule has 0 aliphatic carbocycles. The number of para-hydroxylation sites is 1. The van der Waals surface area contributed by atoms with Crippen molar-refractivity contribution in [3.8, 4) is 5.75 Å². The number of carbonyl (C=O) groups is 1. The summed E-state index contributed by atoms with van der Waals surface area (Å²) >= 11 is 1.22. The Morgan fingerprint density at radius 2 is 1.71 bits per heavy atom. The van der Waals surface area contributed by atoms with Crippen molar-refractivity contribution in [2.24, 2.45) is 4.99 Å². The summed E-state index contributed by atoms with van der Waals surface area (Å²) in [6.07, 6.45) is 1.77. The quantitative estimate of drug-likeness (QED) is 0.332. The van der Waals surface area contributed by atoms with E-state index in [0.717, 1.165) is 5.56 Å². The normalized spacial score (nSPS) is 15.1. The molecule has 0 saturated carbocycles. The molecule has 0 fully saturated rings. The number of fused-ring (bicyclic) bond motifs is 1. The van der Waals surface area contributed by atoms with E-state index < -0.39 is 17.8 Å². The number of hydrogen-bond acceptors (Lipinski definition) is 6. The number of carbonyl (C=O) groups excluding carboxylic acids is 1. The van der Waals surface area contributed by atoms with Gasteiger partial charge in [0.25, 0.3) is 5.56 Å². The third-order valence-corrected chi connectivity index (χ3v) is 7.05. The molecule has 1 unspecified atom stereocenters. The molecule has 1 aliphatic heterocycles. The molecule has 38 heavy (non-hydrogen) atoms. The Morgan fingerprint density at radius 3 is 2.42 bits per heavy atom. The average Bonchev–Trinajstić information content (AvgIpc) is 3.24. The molecule has 0 N–H and O–H groups in total. The molecular weight excluding hydrogens is 503 g/mol. The van der Waals surface area contributed by atoms with E-state index in [9.17, 15) is 14.0 Å². The van der Waals surface area contributed by atoms with Gasteiger partial charge < -0.3 is 9.47 Å². The van der Waals surface area contributed by atoms with E-state index in [0.29, 0.717) is 38.5 Å². The lowest BCUT2D eigenvalue weighted by Crippen LogP contribution is -2.40. The molecule has 3 aromatic carbocycles. The lowest BCUT2D eigenvalue weighted by molar-refractivity contribution is -0.138. The summed E-state index contributed by atoms with van der Waals surface area (Å²) < 4.78 is 27.0. The lowest BCUT2D eigenvalue weighted by Gasteiger charge is -2.25. The second-order valence-electron chi connectivity index (χ2n) is 8.45. The van der Waals surface area contributed by atoms with Crippen LogP contribution in [0.5, 0.6) is 5.75 Å². The van der Waals surface area contributed by atoms with Crippen molar-refractivity contribution in [2.45, 2.75) is 19.9 Å². The number of rotatable bonds is 7. The third kappa shape index (κ3) is 4.82. The summed E-state index contributed by atoms with van der Waals surface area (Å²) in [6.45, 7) is 4.26. The molecule has 0 bridgehead atoms. The smallest absolute Gasteiger partial charge is 0.338 e. The molecule has 192 valence electrons. The molecule has 0 spiro atoms. The fraction of sp³-hybridized carbons (Fsp3) is 0.167. The Hall–Kier alpha value is -4.30. The topological polar surface area (TPSA) is 69.9 Å². The van der Waals surface area contributed by atoms with Gasteiger partial charge in [0.05, 0.1) is 35.1 Å². The first-order valence-corrected chi connectivity index (χ1v) is 13.1. The first-order chi connectivity index (χ1) is 18.5. The lowest BCUT2D eigenvalue weighted by atomic mass is 9.93. The van der Waals surface area contributed by atoms with Crippen LogP contribution in [0.3, 0.4) is 0 Å². The predicted octanol–water partition coefficient (Wildman–Crippen LogP) is 4.47. The van der Waals surface area contributed by atoms with Gasteiger partial charge in [-0.2, -0.15) is 0 Å². The van der Waals surface area contributed by atoms with E-state index >= 15 is 0 Å². The zero-order valence-electron chi connectivity index (χ0n) is 20.9. The van der Waals surface area contributed by atoms with Gasteiger partial charge in [0.15, 0.2) is 4.80 Å². The number of thiazole rings is 1. The van der Waals surface area contributed by atoms with Crippen LogP contribution < -0.4 is 19.6 Å². The van der Waals surface area contributed by atoms with Crippen LogP contribution in [0, 0.1) is 5.82 Å². The molecule has 0 saturated heterocycles. The minimum absolute atomic E-state index is 0.152. The van der Waals surface area contributed by atoms with Gasteiger partial charge in [-0.1, -0.05) is 72.0 Å². The summed E-state index contributed by atoms with van der Waals surface area (Å²) in [5.74, 6) is -0.341. The summed E-state index contributed by atoms with van der Waals surface area (Å²) in [5.41, 5.74) is 2.36. The van der Waals surface area contributed by atoms with Crippen molar-refractivity contribution < 1.29 is 18.7 Å². The van der Waals surface area contributed by atoms with Crippen molar-refractivity contribution >= 4 is 29.1 Å². The van der Waals surface area contributed by atoms with Crippen molar-refractivity contribution in [1.82, 2.24) is 4.57 Å². The number of nitrogens with zero attached hydrogens (tertiary/aromatic N) is 2. The molecule has 1 atom stereocenters. The molecular formula is C30H25FN2O4S. The maximum atomic E-state index is 13.9. The number of hydrogen-bond donors (Lipinski definition) is 0. The van der Waals surface area contributed by atoms with Gasteiger partial charge in [0, 0.05) is 11.1 Å². The van der Waals surface area contributed by atoms with Crippen molar-refractivity contribution in [3.63, 3.8) is 0 Å². The second kappa shape index (κ2) is 11.0. The van der Waals surface area contributed by atoms with Gasteiger partial charge in [0.2, 0.25) is 0 Å². The van der Waals surface area contributed by atoms with Crippen LogP contribution in [-0.2, 0) is 9.53 Å². The zero-order valence-corrected chi connectivity index (χ0v) is 21.7. The van der Waals surface area contributed by atoms with Gasteiger partial charge in [-0.05, 0) is 43.7 Å². The van der Waals surface area contributed by atoms with E-state index in [-0.39, 0.29) is 17.7 Å². The van der Waals surface area contributed by atoms with Gasteiger partial charge in [-0.3, -0.25) is 9.36 Å². The number of aromatic nitrogens is 1. The first kappa shape index (κ1) is 25.4. The predicted molar refractivity (Wildman–Crippen MR) is 145 cm³/mol. The molecule has 5 rings (SSSR count). The van der Waals surface area contributed by atoms with Crippen LogP contribution in [0.1, 0.15) is 36.6 Å². The van der Waals surface area contributed by atoms with Crippen LogP contribution in [0.4, 0.5) is 4.39 Å². The molecule has 0 amide bonds. The maximum absolute atomic E-state index is 13.9. The first-order valence-electron chi connectivity index (χ1n) is 12.3. The monoisotopic (exact) mass is 528 g/mol. The Morgan fingerprint density at radius 1 is 1.00 bits per heavy atom. The van der Waals surface area contributed by atoms with E-state index in [1.165, 1.54) is 28.0 Å². The molecule has 6 nitrogen and oxygen atoms in total. The Kier molecular flexibility index (Phi) is 7.33. The summed E-state index contributed by atoms with van der Waals surface area (Å²) in [6, 6.07) is 21.7. The number of benzene rings is 3. The zero-order chi connectivity index (χ0) is 26.6. The third-order valence-electron chi connectivity index (χ3n) is 6.06. The highest BCUT2D eigenvalue weighted by atomic mass is 32.1. The van der Waals surface area contributed by atoms with Crippen molar-refractivity contribution in [3.05, 3.63) is 127 Å². The standard InChI is InChI=1S/C30H25FN2O4S/c1-3-36-23-13-9-8-12-21(23)18-24-28(34)33-27(20-14-16-22(31)17-15-20)25(29(35)37-4-2)26(32-30(33)38-24)19-10-6-5-7-11-19/h5-18,27H,3-4H2,1-2H3. The summed E-state index contributed by atoms with van der Waals surface area (Å²) in [5, 5.41) is 0. The Labute approximate surface area is 222 Å². The van der Waals surface area contributed by atoms with Crippen LogP contribution in [0.2, 0.25) is 0 Å². The Bertz CT molecular complexity index is 1690. The number of ether oxygens (including phenoxy) is 2. The van der Waals surface area contributed by atoms with Gasteiger partial charge in [-0.25, -0.2) is 14.2 Å².